The first-order valence-corrected chi connectivity index (χ1v) is 6.90. The molecule has 1 aliphatic heterocycles. The van der Waals surface area contributed by atoms with E-state index in [-0.39, 0.29) is 32.7 Å². The van der Waals surface area contributed by atoms with Gasteiger partial charge < -0.3 is 4.98 Å². The summed E-state index contributed by atoms with van der Waals surface area (Å²) in [4.78, 5) is 6.65. The second-order valence-corrected chi connectivity index (χ2v) is 4.25. The molecule has 2 nitrogen and oxygen atoms in total. The van der Waals surface area contributed by atoms with E-state index in [1.54, 1.807) is 0 Å². The van der Waals surface area contributed by atoms with Gasteiger partial charge in [0.15, 0.2) is 0 Å². The third kappa shape index (κ3) is 7.82. The molecule has 1 aromatic heterocycles. The fourth-order valence-electron chi connectivity index (χ4n) is 1.85. The molecule has 1 aliphatic rings. The summed E-state index contributed by atoms with van der Waals surface area (Å²) in [5.74, 6) is 6.27. The van der Waals surface area contributed by atoms with Crippen molar-refractivity contribution in [2.45, 2.75) is 40.0 Å². The molecule has 1 saturated heterocycles. The third-order valence-electron chi connectivity index (χ3n) is 2.80. The normalized spacial score (nSPS) is 14.3. The predicted octanol–water partition coefficient (Wildman–Crippen LogP) is 3.05. The van der Waals surface area contributed by atoms with Crippen molar-refractivity contribution in [1.82, 2.24) is 9.88 Å². The molecule has 2 rings (SSSR count). The monoisotopic (exact) mass is 332 g/mol. The average Bonchev–Trinajstić information content (AvgIpc) is 2.44. The first kappa shape index (κ1) is 18.8. The number of hydrogen-bond donors (Lipinski definition) is 0. The second kappa shape index (κ2) is 11.6. The zero-order valence-electron chi connectivity index (χ0n) is 12.4. The van der Waals surface area contributed by atoms with Crippen molar-refractivity contribution in [1.29, 1.82) is 0 Å². The maximum atomic E-state index is 4.24. The van der Waals surface area contributed by atoms with E-state index < -0.39 is 0 Å². The summed E-state index contributed by atoms with van der Waals surface area (Å²) >= 11 is 0. The summed E-state index contributed by atoms with van der Waals surface area (Å²) in [6, 6.07) is 4.97. The summed E-state index contributed by atoms with van der Waals surface area (Å²) in [6.45, 7) is 9.25. The van der Waals surface area contributed by atoms with Crippen LogP contribution < -0.4 is 0 Å². The number of pyridine rings is 1. The molecule has 1 fully saturated rings. The Morgan fingerprint density at radius 3 is 2.53 bits per heavy atom. The standard InChI is InChI=1S/C14H17N2.C2H6.Y/c1-13-7-8-14(15-12-13)6-5-11-16-9-3-2-4-10-16;1-2;/h8,12H,2-4,9-11H2,1H3;1-2H3;/q-1;;. The van der Waals surface area contributed by atoms with Crippen molar-refractivity contribution in [3.63, 3.8) is 0 Å². The number of nitrogens with zero attached hydrogens (tertiary/aromatic N) is 2. The fraction of sp³-hybridized carbons (Fsp3) is 0.562. The van der Waals surface area contributed by atoms with Crippen LogP contribution in [-0.4, -0.2) is 29.5 Å². The maximum absolute atomic E-state index is 4.24. The van der Waals surface area contributed by atoms with E-state index in [0.29, 0.717) is 0 Å². The molecule has 0 bridgehead atoms. The largest absolute Gasteiger partial charge is 0.375 e. The number of likely N-dealkylation sites (tertiary alicyclic amines) is 1. The van der Waals surface area contributed by atoms with Gasteiger partial charge in [0.25, 0.3) is 0 Å². The summed E-state index contributed by atoms with van der Waals surface area (Å²) in [6.07, 6.45) is 5.82. The molecule has 1 radical (unpaired) electrons. The van der Waals surface area contributed by atoms with Crippen molar-refractivity contribution < 1.29 is 32.7 Å². The molecule has 1 aromatic rings. The molecule has 0 unspecified atom stereocenters. The Labute approximate surface area is 143 Å². The topological polar surface area (TPSA) is 16.1 Å². The van der Waals surface area contributed by atoms with Crippen LogP contribution in [0.3, 0.4) is 0 Å². The summed E-state index contributed by atoms with van der Waals surface area (Å²) in [5.41, 5.74) is 1.88. The van der Waals surface area contributed by atoms with Gasteiger partial charge in [0, 0.05) is 32.7 Å². The minimum absolute atomic E-state index is 0. The summed E-state index contributed by atoms with van der Waals surface area (Å²) < 4.78 is 0. The number of aromatic nitrogens is 1. The molecule has 2 heterocycles. The van der Waals surface area contributed by atoms with E-state index in [4.69, 9.17) is 0 Å². The second-order valence-electron chi connectivity index (χ2n) is 4.25. The van der Waals surface area contributed by atoms with Gasteiger partial charge in [-0.15, -0.1) is 17.6 Å². The van der Waals surface area contributed by atoms with Gasteiger partial charge in [0.1, 0.15) is 0 Å². The van der Waals surface area contributed by atoms with Gasteiger partial charge in [-0.3, -0.25) is 4.90 Å². The zero-order valence-corrected chi connectivity index (χ0v) is 15.2. The van der Waals surface area contributed by atoms with Crippen molar-refractivity contribution in [2.24, 2.45) is 0 Å². The first-order chi connectivity index (χ1) is 8.84. The first-order valence-electron chi connectivity index (χ1n) is 6.90. The Balaban J connectivity index is 0.00000103. The molecule has 0 spiro atoms. The number of rotatable bonds is 1. The molecular formula is C16H23N2Y-. The van der Waals surface area contributed by atoms with Crippen molar-refractivity contribution in [2.75, 3.05) is 19.6 Å². The average molecular weight is 332 g/mol. The van der Waals surface area contributed by atoms with Gasteiger partial charge in [-0.05, 0) is 31.6 Å². The molecule has 3 heteroatoms. The van der Waals surface area contributed by atoms with Crippen LogP contribution >= 0.6 is 0 Å². The molecule has 0 atom stereocenters. The van der Waals surface area contributed by atoms with Crippen LogP contribution in [-0.2, 0) is 32.7 Å². The van der Waals surface area contributed by atoms with Crippen LogP contribution in [0, 0.1) is 24.8 Å². The fourth-order valence-corrected chi connectivity index (χ4v) is 1.85. The predicted molar refractivity (Wildman–Crippen MR) is 76.3 cm³/mol. The molecule has 0 aliphatic carbocycles. The molecule has 0 saturated carbocycles. The van der Waals surface area contributed by atoms with E-state index in [1.807, 2.05) is 33.0 Å². The molecule has 19 heavy (non-hydrogen) atoms. The van der Waals surface area contributed by atoms with E-state index >= 15 is 0 Å². The minimum Gasteiger partial charge on any atom is -0.375 e. The number of piperidine rings is 1. The van der Waals surface area contributed by atoms with Crippen LogP contribution in [0.4, 0.5) is 0 Å². The maximum Gasteiger partial charge on any atom is 0.0594 e. The number of aryl methyl sites for hydroxylation is 1. The van der Waals surface area contributed by atoms with E-state index in [0.717, 1.165) is 17.8 Å². The van der Waals surface area contributed by atoms with Crippen molar-refractivity contribution >= 4 is 0 Å². The zero-order chi connectivity index (χ0) is 13.2. The van der Waals surface area contributed by atoms with E-state index in [1.165, 1.54) is 32.4 Å². The molecule has 0 N–H and O–H groups in total. The van der Waals surface area contributed by atoms with Gasteiger partial charge in [0.2, 0.25) is 0 Å². The number of hydrogen-bond acceptors (Lipinski definition) is 2. The summed E-state index contributed by atoms with van der Waals surface area (Å²) in [5, 5.41) is 0. The van der Waals surface area contributed by atoms with E-state index in [2.05, 4.69) is 27.8 Å². The van der Waals surface area contributed by atoms with Crippen LogP contribution in [0.1, 0.15) is 44.4 Å². The third-order valence-corrected chi connectivity index (χ3v) is 2.80. The van der Waals surface area contributed by atoms with Crippen molar-refractivity contribution in [3.8, 4) is 11.8 Å². The van der Waals surface area contributed by atoms with Crippen LogP contribution in [0.5, 0.6) is 0 Å². The molecule has 0 aromatic carbocycles. The Kier molecular flexibility index (Phi) is 11.5. The van der Waals surface area contributed by atoms with E-state index in [9.17, 15) is 0 Å². The Morgan fingerprint density at radius 1 is 1.26 bits per heavy atom. The quantitative estimate of drug-likeness (QED) is 0.580. The molecule has 0 amide bonds. The molecular weight excluding hydrogens is 309 g/mol. The van der Waals surface area contributed by atoms with Gasteiger partial charge in [-0.2, -0.15) is 6.07 Å². The van der Waals surface area contributed by atoms with Gasteiger partial charge >= 0.3 is 0 Å². The Hall–Kier alpha value is -0.226. The van der Waals surface area contributed by atoms with Crippen molar-refractivity contribution in [3.05, 3.63) is 29.6 Å². The minimum atomic E-state index is 0. The molecule has 101 valence electrons. The SMILES string of the molecule is CC.Cc1[c-]cc(C#CCN2CCCCC2)nc1.[Y]. The van der Waals surface area contributed by atoms with Gasteiger partial charge in [-0.25, -0.2) is 0 Å². The van der Waals surface area contributed by atoms with Gasteiger partial charge in [-0.1, -0.05) is 39.3 Å². The summed E-state index contributed by atoms with van der Waals surface area (Å²) in [7, 11) is 0. The Morgan fingerprint density at radius 2 is 1.95 bits per heavy atom. The van der Waals surface area contributed by atoms with Crippen LogP contribution in [0.2, 0.25) is 0 Å². The van der Waals surface area contributed by atoms with Crippen LogP contribution in [0.25, 0.3) is 0 Å². The Bertz CT molecular complexity index is 383. The van der Waals surface area contributed by atoms with Gasteiger partial charge in [0.05, 0.1) is 6.54 Å². The van der Waals surface area contributed by atoms with Crippen LogP contribution in [0.15, 0.2) is 12.3 Å². The smallest absolute Gasteiger partial charge is 0.0594 e.